The molecule has 3 aliphatic rings. The number of hydrogen-bond donors (Lipinski definition) is 0. The molecule has 3 rings (SSSR count). The summed E-state index contributed by atoms with van der Waals surface area (Å²) in [7, 11) is 1.45. The topological polar surface area (TPSA) is 52.6 Å². The van der Waals surface area contributed by atoms with Crippen LogP contribution in [0.15, 0.2) is 0 Å². The Labute approximate surface area is 107 Å². The zero-order valence-electron chi connectivity index (χ0n) is 11.2. The first-order valence-electron chi connectivity index (χ1n) is 6.67. The molecule has 2 aliphatic carbocycles. The molecule has 5 unspecified atom stereocenters. The van der Waals surface area contributed by atoms with Crippen molar-refractivity contribution < 1.29 is 19.1 Å². The van der Waals surface area contributed by atoms with Crippen LogP contribution in [0.4, 0.5) is 0 Å². The summed E-state index contributed by atoms with van der Waals surface area (Å²) in [5.74, 6) is 0.727. The SMILES string of the molecule is COC(=O)C1(C)CC2CC3OC(=O)CC3(C)C2C1. The Morgan fingerprint density at radius 2 is 2.11 bits per heavy atom. The number of hydrogen-bond acceptors (Lipinski definition) is 4. The van der Waals surface area contributed by atoms with Crippen molar-refractivity contribution in [3.63, 3.8) is 0 Å². The third kappa shape index (κ3) is 1.38. The molecule has 0 aromatic carbocycles. The highest BCUT2D eigenvalue weighted by Gasteiger charge is 2.64. The van der Waals surface area contributed by atoms with Gasteiger partial charge in [0.15, 0.2) is 0 Å². The van der Waals surface area contributed by atoms with Gasteiger partial charge in [0.25, 0.3) is 0 Å². The van der Waals surface area contributed by atoms with Crippen LogP contribution < -0.4 is 0 Å². The highest BCUT2D eigenvalue weighted by molar-refractivity contribution is 5.77. The van der Waals surface area contributed by atoms with Gasteiger partial charge in [0, 0.05) is 5.41 Å². The molecular formula is C14H20O4. The highest BCUT2D eigenvalue weighted by Crippen LogP contribution is 2.64. The molecule has 0 radical (unpaired) electrons. The maximum absolute atomic E-state index is 11.9. The number of carbonyl (C=O) groups excluding carboxylic acids is 2. The molecule has 18 heavy (non-hydrogen) atoms. The molecule has 0 amide bonds. The fourth-order valence-electron chi connectivity index (χ4n) is 4.61. The molecule has 1 aliphatic heterocycles. The molecule has 0 aromatic rings. The molecule has 0 N–H and O–H groups in total. The summed E-state index contributed by atoms with van der Waals surface area (Å²) in [4.78, 5) is 23.4. The Bertz CT molecular complexity index is 418. The molecule has 0 bridgehead atoms. The molecule has 0 spiro atoms. The van der Waals surface area contributed by atoms with Crippen LogP contribution in [-0.4, -0.2) is 25.2 Å². The van der Waals surface area contributed by atoms with E-state index in [4.69, 9.17) is 9.47 Å². The first-order chi connectivity index (χ1) is 8.39. The fraction of sp³-hybridized carbons (Fsp3) is 0.857. The lowest BCUT2D eigenvalue weighted by molar-refractivity contribution is -0.152. The maximum atomic E-state index is 11.9. The molecule has 5 atom stereocenters. The lowest BCUT2D eigenvalue weighted by Crippen LogP contribution is -2.32. The summed E-state index contributed by atoms with van der Waals surface area (Å²) in [6, 6.07) is 0. The molecule has 100 valence electrons. The molecule has 1 heterocycles. The normalized spacial score (nSPS) is 49.7. The Morgan fingerprint density at radius 3 is 2.78 bits per heavy atom. The quantitative estimate of drug-likeness (QED) is 0.669. The number of carbonyl (C=O) groups is 2. The van der Waals surface area contributed by atoms with Gasteiger partial charge in [0.1, 0.15) is 6.10 Å². The second-order valence-electron chi connectivity index (χ2n) is 6.72. The van der Waals surface area contributed by atoms with Crippen molar-refractivity contribution in [2.75, 3.05) is 7.11 Å². The minimum absolute atomic E-state index is 0.0620. The third-order valence-electron chi connectivity index (χ3n) is 5.53. The van der Waals surface area contributed by atoms with E-state index < -0.39 is 0 Å². The van der Waals surface area contributed by atoms with Gasteiger partial charge in [-0.3, -0.25) is 9.59 Å². The zero-order valence-corrected chi connectivity index (χ0v) is 11.2. The minimum Gasteiger partial charge on any atom is -0.469 e. The van der Waals surface area contributed by atoms with Gasteiger partial charge < -0.3 is 9.47 Å². The fourth-order valence-corrected chi connectivity index (χ4v) is 4.61. The molecular weight excluding hydrogens is 232 g/mol. The summed E-state index contributed by atoms with van der Waals surface area (Å²) in [5.41, 5.74) is -0.433. The standard InChI is InChI=1S/C14H20O4/c1-13(12(16)17-3)5-8-4-10-14(2,9(8)6-13)7-11(15)18-10/h8-10H,4-7H2,1-3H3. The highest BCUT2D eigenvalue weighted by atomic mass is 16.6. The maximum Gasteiger partial charge on any atom is 0.311 e. The Morgan fingerprint density at radius 1 is 1.39 bits per heavy atom. The summed E-state index contributed by atoms with van der Waals surface area (Å²) < 4.78 is 10.4. The number of esters is 2. The zero-order chi connectivity index (χ0) is 13.1. The predicted octanol–water partition coefficient (Wildman–Crippen LogP) is 1.92. The number of fused-ring (bicyclic) bond motifs is 3. The van der Waals surface area contributed by atoms with Crippen LogP contribution in [-0.2, 0) is 19.1 Å². The van der Waals surface area contributed by atoms with E-state index in [0.29, 0.717) is 18.3 Å². The van der Waals surface area contributed by atoms with E-state index >= 15 is 0 Å². The van der Waals surface area contributed by atoms with E-state index in [1.54, 1.807) is 0 Å². The van der Waals surface area contributed by atoms with Crippen molar-refractivity contribution in [2.24, 2.45) is 22.7 Å². The van der Waals surface area contributed by atoms with Crippen LogP contribution in [0.3, 0.4) is 0 Å². The lowest BCUT2D eigenvalue weighted by Gasteiger charge is -2.30. The molecule has 4 heteroatoms. The first kappa shape index (κ1) is 12.0. The summed E-state index contributed by atoms with van der Waals surface area (Å²) >= 11 is 0. The largest absolute Gasteiger partial charge is 0.469 e. The van der Waals surface area contributed by atoms with E-state index in [-0.39, 0.29) is 28.9 Å². The van der Waals surface area contributed by atoms with Crippen molar-refractivity contribution in [1.82, 2.24) is 0 Å². The van der Waals surface area contributed by atoms with E-state index in [0.717, 1.165) is 19.3 Å². The van der Waals surface area contributed by atoms with Crippen LogP contribution in [0.2, 0.25) is 0 Å². The Balaban J connectivity index is 1.85. The summed E-state index contributed by atoms with van der Waals surface area (Å²) in [5, 5.41) is 0. The van der Waals surface area contributed by atoms with Gasteiger partial charge >= 0.3 is 11.9 Å². The van der Waals surface area contributed by atoms with Gasteiger partial charge in [0.2, 0.25) is 0 Å². The van der Waals surface area contributed by atoms with Crippen LogP contribution in [0.5, 0.6) is 0 Å². The number of rotatable bonds is 1. The van der Waals surface area contributed by atoms with Crippen molar-refractivity contribution in [2.45, 2.75) is 45.6 Å². The summed E-state index contributed by atoms with van der Waals surface area (Å²) in [6.45, 7) is 4.14. The molecule has 2 saturated carbocycles. The van der Waals surface area contributed by atoms with Crippen LogP contribution in [0.1, 0.15) is 39.5 Å². The average molecular weight is 252 g/mol. The molecule has 1 saturated heterocycles. The van der Waals surface area contributed by atoms with Gasteiger partial charge in [-0.2, -0.15) is 0 Å². The number of methoxy groups -OCH3 is 1. The predicted molar refractivity (Wildman–Crippen MR) is 63.6 cm³/mol. The lowest BCUT2D eigenvalue weighted by atomic mass is 9.73. The van der Waals surface area contributed by atoms with Gasteiger partial charge in [0.05, 0.1) is 18.9 Å². The van der Waals surface area contributed by atoms with Crippen LogP contribution in [0, 0.1) is 22.7 Å². The molecule has 4 nitrogen and oxygen atoms in total. The summed E-state index contributed by atoms with van der Waals surface area (Å²) in [6.07, 6.45) is 3.19. The van der Waals surface area contributed by atoms with Crippen molar-refractivity contribution in [3.05, 3.63) is 0 Å². The van der Waals surface area contributed by atoms with Gasteiger partial charge in [-0.1, -0.05) is 6.92 Å². The Kier molecular flexibility index (Phi) is 2.32. The van der Waals surface area contributed by atoms with Crippen LogP contribution >= 0.6 is 0 Å². The van der Waals surface area contributed by atoms with Crippen molar-refractivity contribution >= 4 is 11.9 Å². The Hall–Kier alpha value is -1.06. The molecule has 0 aromatic heterocycles. The smallest absolute Gasteiger partial charge is 0.311 e. The third-order valence-corrected chi connectivity index (χ3v) is 5.53. The van der Waals surface area contributed by atoms with Crippen molar-refractivity contribution in [3.8, 4) is 0 Å². The second-order valence-corrected chi connectivity index (χ2v) is 6.72. The number of ether oxygens (including phenoxy) is 2. The van der Waals surface area contributed by atoms with E-state index in [1.165, 1.54) is 7.11 Å². The van der Waals surface area contributed by atoms with Crippen LogP contribution in [0.25, 0.3) is 0 Å². The van der Waals surface area contributed by atoms with Gasteiger partial charge in [-0.15, -0.1) is 0 Å². The van der Waals surface area contributed by atoms with Gasteiger partial charge in [-0.25, -0.2) is 0 Å². The van der Waals surface area contributed by atoms with E-state index in [2.05, 4.69) is 6.92 Å². The minimum atomic E-state index is -0.371. The van der Waals surface area contributed by atoms with E-state index in [9.17, 15) is 9.59 Å². The monoisotopic (exact) mass is 252 g/mol. The second kappa shape index (κ2) is 3.49. The first-order valence-corrected chi connectivity index (χ1v) is 6.67. The van der Waals surface area contributed by atoms with E-state index in [1.807, 2.05) is 6.92 Å². The van der Waals surface area contributed by atoms with Crippen molar-refractivity contribution in [1.29, 1.82) is 0 Å². The molecule has 3 fully saturated rings. The van der Waals surface area contributed by atoms with Gasteiger partial charge in [-0.05, 0) is 38.0 Å². The average Bonchev–Trinajstić information content (AvgIpc) is 2.84.